The summed E-state index contributed by atoms with van der Waals surface area (Å²) in [5.41, 5.74) is 1.86. The first-order chi connectivity index (χ1) is 10.6. The van der Waals surface area contributed by atoms with Gasteiger partial charge in [-0.2, -0.15) is 0 Å². The molecule has 0 saturated heterocycles. The molecule has 1 N–H and O–H groups in total. The van der Waals surface area contributed by atoms with E-state index in [1.54, 1.807) is 13.0 Å². The quantitative estimate of drug-likeness (QED) is 0.894. The fourth-order valence-electron chi connectivity index (χ4n) is 1.90. The van der Waals surface area contributed by atoms with Gasteiger partial charge in [0.1, 0.15) is 6.61 Å². The molecule has 0 radical (unpaired) electrons. The molecule has 0 bridgehead atoms. The van der Waals surface area contributed by atoms with E-state index in [1.165, 1.54) is 13.2 Å². The molecule has 0 amide bonds. The maximum absolute atomic E-state index is 11.2. The Bertz CT molecular complexity index is 606. The highest BCUT2D eigenvalue weighted by molar-refractivity contribution is 5.90. The molecule has 0 spiro atoms. The van der Waals surface area contributed by atoms with Crippen LogP contribution in [0, 0.1) is 6.92 Å². The fraction of sp³-hybridized carbons (Fsp3) is 0.278. The molecule has 0 saturated carbocycles. The number of carbonyl (C=O) groups is 1. The van der Waals surface area contributed by atoms with Gasteiger partial charge in [-0.05, 0) is 30.2 Å². The van der Waals surface area contributed by atoms with Crippen molar-refractivity contribution in [3.63, 3.8) is 0 Å². The molecule has 0 aromatic heterocycles. The maximum Gasteiger partial charge on any atom is 0.336 e. The standard InChI is InChI=1S/C16H16O4.C2H6/c1-11-8-14(19-2)15(9-13(11)16(17)18)20-10-12-6-4-3-5-7-12;1-2/h3-9H,10H2,1-2H3,(H,17,18);1-2H3. The summed E-state index contributed by atoms with van der Waals surface area (Å²) in [6, 6.07) is 12.8. The summed E-state index contributed by atoms with van der Waals surface area (Å²) in [5.74, 6) is -0.0162. The average molecular weight is 302 g/mol. The number of aryl methyl sites for hydroxylation is 1. The van der Waals surface area contributed by atoms with Crippen LogP contribution in [0.25, 0.3) is 0 Å². The van der Waals surface area contributed by atoms with E-state index in [2.05, 4.69) is 0 Å². The third kappa shape index (κ3) is 4.52. The van der Waals surface area contributed by atoms with Crippen LogP contribution in [-0.2, 0) is 6.61 Å². The van der Waals surface area contributed by atoms with Gasteiger partial charge in [0.2, 0.25) is 0 Å². The summed E-state index contributed by atoms with van der Waals surface area (Å²) in [5, 5.41) is 9.14. The van der Waals surface area contributed by atoms with Crippen molar-refractivity contribution in [2.45, 2.75) is 27.4 Å². The first kappa shape index (κ1) is 17.6. The molecule has 0 aliphatic carbocycles. The van der Waals surface area contributed by atoms with Gasteiger partial charge in [-0.1, -0.05) is 44.2 Å². The maximum atomic E-state index is 11.2. The summed E-state index contributed by atoms with van der Waals surface area (Å²) in [6.45, 7) is 6.09. The van der Waals surface area contributed by atoms with E-state index >= 15 is 0 Å². The Kier molecular flexibility index (Phi) is 6.96. The number of carboxylic acid groups (broad SMARTS) is 1. The molecule has 0 heterocycles. The van der Waals surface area contributed by atoms with Crippen molar-refractivity contribution in [3.8, 4) is 11.5 Å². The van der Waals surface area contributed by atoms with Gasteiger partial charge in [0.05, 0.1) is 12.7 Å². The Hall–Kier alpha value is -2.49. The highest BCUT2D eigenvalue weighted by Crippen LogP contribution is 2.31. The minimum atomic E-state index is -0.977. The van der Waals surface area contributed by atoms with Crippen LogP contribution in [0.4, 0.5) is 0 Å². The van der Waals surface area contributed by atoms with Gasteiger partial charge < -0.3 is 14.6 Å². The Morgan fingerprint density at radius 3 is 2.27 bits per heavy atom. The van der Waals surface area contributed by atoms with E-state index in [4.69, 9.17) is 14.6 Å². The number of rotatable bonds is 5. The van der Waals surface area contributed by atoms with Crippen molar-refractivity contribution >= 4 is 5.97 Å². The molecule has 0 atom stereocenters. The van der Waals surface area contributed by atoms with E-state index in [9.17, 15) is 4.79 Å². The molecular weight excluding hydrogens is 280 g/mol. The summed E-state index contributed by atoms with van der Waals surface area (Å²) in [6.07, 6.45) is 0. The van der Waals surface area contributed by atoms with Crippen LogP contribution in [0.5, 0.6) is 11.5 Å². The summed E-state index contributed by atoms with van der Waals surface area (Å²) in [7, 11) is 1.53. The predicted octanol–water partition coefficient (Wildman–Crippen LogP) is 4.31. The molecule has 0 aliphatic rings. The number of benzene rings is 2. The second-order valence-electron chi connectivity index (χ2n) is 4.40. The van der Waals surface area contributed by atoms with E-state index < -0.39 is 5.97 Å². The van der Waals surface area contributed by atoms with Crippen molar-refractivity contribution in [2.75, 3.05) is 7.11 Å². The van der Waals surface area contributed by atoms with Crippen LogP contribution in [0.1, 0.15) is 35.3 Å². The van der Waals surface area contributed by atoms with Crippen LogP contribution in [-0.4, -0.2) is 18.2 Å². The molecule has 0 aliphatic heterocycles. The normalized spacial score (nSPS) is 9.45. The molecule has 2 aromatic carbocycles. The van der Waals surface area contributed by atoms with Gasteiger partial charge in [-0.15, -0.1) is 0 Å². The van der Waals surface area contributed by atoms with Crippen LogP contribution < -0.4 is 9.47 Å². The monoisotopic (exact) mass is 302 g/mol. The lowest BCUT2D eigenvalue weighted by Crippen LogP contribution is -2.03. The lowest BCUT2D eigenvalue weighted by atomic mass is 10.1. The molecular formula is C18H22O4. The largest absolute Gasteiger partial charge is 0.493 e. The minimum Gasteiger partial charge on any atom is -0.493 e. The van der Waals surface area contributed by atoms with Crippen molar-refractivity contribution in [1.29, 1.82) is 0 Å². The van der Waals surface area contributed by atoms with Crippen LogP contribution in [0.3, 0.4) is 0 Å². The molecule has 0 fully saturated rings. The number of hydrogen-bond donors (Lipinski definition) is 1. The number of methoxy groups -OCH3 is 1. The van der Waals surface area contributed by atoms with Gasteiger partial charge in [0.15, 0.2) is 11.5 Å². The lowest BCUT2D eigenvalue weighted by molar-refractivity contribution is 0.0695. The number of ether oxygens (including phenoxy) is 2. The second kappa shape index (κ2) is 8.72. The molecule has 2 rings (SSSR count). The van der Waals surface area contributed by atoms with Crippen LogP contribution >= 0.6 is 0 Å². The molecule has 0 unspecified atom stereocenters. The molecule has 118 valence electrons. The Labute approximate surface area is 131 Å². The zero-order valence-electron chi connectivity index (χ0n) is 13.4. The van der Waals surface area contributed by atoms with Crippen molar-refractivity contribution < 1.29 is 19.4 Å². The van der Waals surface area contributed by atoms with Crippen molar-refractivity contribution in [1.82, 2.24) is 0 Å². The number of hydrogen-bond acceptors (Lipinski definition) is 3. The Morgan fingerprint density at radius 1 is 1.09 bits per heavy atom. The van der Waals surface area contributed by atoms with Gasteiger partial charge in [0, 0.05) is 0 Å². The smallest absolute Gasteiger partial charge is 0.336 e. The third-order valence-electron chi connectivity index (χ3n) is 2.98. The Morgan fingerprint density at radius 2 is 1.73 bits per heavy atom. The van der Waals surface area contributed by atoms with E-state index in [1.807, 2.05) is 44.2 Å². The molecule has 4 nitrogen and oxygen atoms in total. The predicted molar refractivity (Wildman–Crippen MR) is 86.8 cm³/mol. The fourth-order valence-corrected chi connectivity index (χ4v) is 1.90. The number of carboxylic acids is 1. The third-order valence-corrected chi connectivity index (χ3v) is 2.98. The summed E-state index contributed by atoms with van der Waals surface area (Å²) in [4.78, 5) is 11.2. The van der Waals surface area contributed by atoms with Crippen LogP contribution in [0.15, 0.2) is 42.5 Å². The molecule has 4 heteroatoms. The SMILES string of the molecule is CC.COc1cc(C)c(C(=O)O)cc1OCc1ccccc1. The average Bonchev–Trinajstić information content (AvgIpc) is 2.55. The topological polar surface area (TPSA) is 55.8 Å². The lowest BCUT2D eigenvalue weighted by Gasteiger charge is -2.13. The van der Waals surface area contributed by atoms with Gasteiger partial charge in [-0.25, -0.2) is 4.79 Å². The Balaban J connectivity index is 0.00000116. The van der Waals surface area contributed by atoms with Crippen LogP contribution in [0.2, 0.25) is 0 Å². The highest BCUT2D eigenvalue weighted by Gasteiger charge is 2.14. The zero-order chi connectivity index (χ0) is 16.5. The molecule has 22 heavy (non-hydrogen) atoms. The van der Waals surface area contributed by atoms with E-state index in [0.717, 1.165) is 5.56 Å². The van der Waals surface area contributed by atoms with E-state index in [-0.39, 0.29) is 5.56 Å². The highest BCUT2D eigenvalue weighted by atomic mass is 16.5. The van der Waals surface area contributed by atoms with E-state index in [0.29, 0.717) is 23.7 Å². The zero-order valence-corrected chi connectivity index (χ0v) is 13.4. The summed E-state index contributed by atoms with van der Waals surface area (Å²) < 4.78 is 10.9. The number of aromatic carboxylic acids is 1. The van der Waals surface area contributed by atoms with Crippen molar-refractivity contribution in [3.05, 3.63) is 59.2 Å². The van der Waals surface area contributed by atoms with Gasteiger partial charge in [0.25, 0.3) is 0 Å². The summed E-state index contributed by atoms with van der Waals surface area (Å²) >= 11 is 0. The van der Waals surface area contributed by atoms with Crippen molar-refractivity contribution in [2.24, 2.45) is 0 Å². The second-order valence-corrected chi connectivity index (χ2v) is 4.40. The van der Waals surface area contributed by atoms with Gasteiger partial charge >= 0.3 is 5.97 Å². The van der Waals surface area contributed by atoms with Gasteiger partial charge in [-0.3, -0.25) is 0 Å². The first-order valence-corrected chi connectivity index (χ1v) is 7.20. The first-order valence-electron chi connectivity index (χ1n) is 7.20. The minimum absolute atomic E-state index is 0.217. The molecule has 2 aromatic rings.